The van der Waals surface area contributed by atoms with Crippen LogP contribution in [-0.2, 0) is 11.2 Å². The average molecular weight is 375 g/mol. The summed E-state index contributed by atoms with van der Waals surface area (Å²) in [5, 5.41) is 1.23. The molecule has 1 saturated heterocycles. The number of aromatic nitrogens is 1. The molecule has 1 amide bonds. The van der Waals surface area contributed by atoms with Crippen LogP contribution >= 0.6 is 11.3 Å². The van der Waals surface area contributed by atoms with Gasteiger partial charge in [0.1, 0.15) is 0 Å². The van der Waals surface area contributed by atoms with E-state index < -0.39 is 0 Å². The van der Waals surface area contributed by atoms with Crippen LogP contribution in [0.4, 0.5) is 0 Å². The molecule has 0 radical (unpaired) electrons. The number of ether oxygens (including phenoxy) is 2. The average Bonchev–Trinajstić information content (AvgIpc) is 3.00. The molecule has 26 heavy (non-hydrogen) atoms. The van der Waals surface area contributed by atoms with Gasteiger partial charge in [0.25, 0.3) is 0 Å². The van der Waals surface area contributed by atoms with Crippen molar-refractivity contribution in [3.63, 3.8) is 0 Å². The molecule has 0 atom stereocenters. The van der Waals surface area contributed by atoms with Crippen molar-refractivity contribution in [1.82, 2.24) is 9.88 Å². The zero-order valence-corrected chi connectivity index (χ0v) is 16.7. The van der Waals surface area contributed by atoms with Crippen LogP contribution in [0.1, 0.15) is 39.9 Å². The maximum absolute atomic E-state index is 12.7. The molecule has 1 aromatic heterocycles. The zero-order chi connectivity index (χ0) is 18.7. The smallest absolute Gasteiger partial charge is 0.226 e. The first-order valence-corrected chi connectivity index (χ1v) is 9.76. The highest BCUT2D eigenvalue weighted by molar-refractivity contribution is 7.11. The molecule has 1 aliphatic rings. The molecule has 0 saturated carbocycles. The summed E-state index contributed by atoms with van der Waals surface area (Å²) >= 11 is 1.80. The fourth-order valence-electron chi connectivity index (χ4n) is 3.33. The molecular weight excluding hydrogens is 348 g/mol. The molecule has 0 N–H and O–H groups in total. The summed E-state index contributed by atoms with van der Waals surface area (Å²) in [4.78, 5) is 20.6. The van der Waals surface area contributed by atoms with E-state index in [0.29, 0.717) is 23.8 Å². The van der Waals surface area contributed by atoms with E-state index in [1.54, 1.807) is 25.6 Å². The van der Waals surface area contributed by atoms with Gasteiger partial charge in [0.15, 0.2) is 11.5 Å². The van der Waals surface area contributed by atoms with E-state index in [9.17, 15) is 4.79 Å². The minimum absolute atomic E-state index is 0.169. The van der Waals surface area contributed by atoms with Gasteiger partial charge in [0, 0.05) is 23.9 Å². The number of methoxy groups -OCH3 is 2. The second-order valence-corrected chi connectivity index (χ2v) is 7.95. The van der Waals surface area contributed by atoms with Crippen molar-refractivity contribution in [3.8, 4) is 11.5 Å². The highest BCUT2D eigenvalue weighted by atomic mass is 32.1. The number of hydrogen-bond acceptors (Lipinski definition) is 5. The van der Waals surface area contributed by atoms with Gasteiger partial charge < -0.3 is 14.4 Å². The lowest BCUT2D eigenvalue weighted by Crippen LogP contribution is -2.38. The highest BCUT2D eigenvalue weighted by Crippen LogP contribution is 2.33. The van der Waals surface area contributed by atoms with Gasteiger partial charge in [-0.15, -0.1) is 11.3 Å². The third-order valence-electron chi connectivity index (χ3n) is 5.05. The number of benzene rings is 1. The van der Waals surface area contributed by atoms with Gasteiger partial charge in [-0.2, -0.15) is 0 Å². The van der Waals surface area contributed by atoms with Crippen molar-refractivity contribution >= 4 is 17.2 Å². The monoisotopic (exact) mass is 374 g/mol. The summed E-state index contributed by atoms with van der Waals surface area (Å²) in [6.45, 7) is 5.79. The Balaban J connectivity index is 1.58. The number of likely N-dealkylation sites (tertiary alicyclic amines) is 1. The van der Waals surface area contributed by atoms with Crippen LogP contribution in [0.15, 0.2) is 18.2 Å². The normalized spacial score (nSPS) is 15.2. The van der Waals surface area contributed by atoms with Crippen molar-refractivity contribution in [1.29, 1.82) is 0 Å². The first-order chi connectivity index (χ1) is 12.5. The molecule has 1 aromatic carbocycles. The summed E-state index contributed by atoms with van der Waals surface area (Å²) in [5.41, 5.74) is 2.08. The van der Waals surface area contributed by atoms with Crippen molar-refractivity contribution in [3.05, 3.63) is 39.3 Å². The number of carbonyl (C=O) groups is 1. The van der Waals surface area contributed by atoms with E-state index in [4.69, 9.17) is 14.5 Å². The van der Waals surface area contributed by atoms with E-state index >= 15 is 0 Å². The second-order valence-electron chi connectivity index (χ2n) is 6.71. The van der Waals surface area contributed by atoms with Crippen LogP contribution in [0.2, 0.25) is 0 Å². The van der Waals surface area contributed by atoms with Crippen molar-refractivity contribution in [2.45, 2.75) is 39.0 Å². The van der Waals surface area contributed by atoms with Crippen molar-refractivity contribution in [2.24, 2.45) is 0 Å². The van der Waals surface area contributed by atoms with Crippen molar-refractivity contribution in [2.75, 3.05) is 27.3 Å². The Bertz CT molecular complexity index is 760. The molecule has 3 rings (SSSR count). The summed E-state index contributed by atoms with van der Waals surface area (Å²) in [5.74, 6) is 1.99. The predicted molar refractivity (Wildman–Crippen MR) is 103 cm³/mol. The molecule has 0 bridgehead atoms. The van der Waals surface area contributed by atoms with Gasteiger partial charge in [-0.05, 0) is 44.4 Å². The van der Waals surface area contributed by atoms with Gasteiger partial charge in [0.2, 0.25) is 5.91 Å². The van der Waals surface area contributed by atoms with E-state index in [1.807, 2.05) is 23.1 Å². The number of nitrogens with zero attached hydrogens (tertiary/aromatic N) is 2. The number of thiazole rings is 1. The topological polar surface area (TPSA) is 51.7 Å². The maximum Gasteiger partial charge on any atom is 0.226 e. The largest absolute Gasteiger partial charge is 0.493 e. The molecule has 6 heteroatoms. The zero-order valence-electron chi connectivity index (χ0n) is 15.9. The van der Waals surface area contributed by atoms with Gasteiger partial charge in [-0.25, -0.2) is 4.98 Å². The van der Waals surface area contributed by atoms with Gasteiger partial charge >= 0.3 is 0 Å². The van der Waals surface area contributed by atoms with Crippen LogP contribution in [-0.4, -0.2) is 43.1 Å². The number of hydrogen-bond donors (Lipinski definition) is 0. The lowest BCUT2D eigenvalue weighted by molar-refractivity contribution is -0.131. The van der Waals surface area contributed by atoms with Gasteiger partial charge in [0.05, 0.1) is 31.3 Å². The number of carbonyl (C=O) groups excluding carboxylic acids is 1. The summed E-state index contributed by atoms with van der Waals surface area (Å²) in [6.07, 6.45) is 2.37. The summed E-state index contributed by atoms with van der Waals surface area (Å²) in [6, 6.07) is 5.65. The van der Waals surface area contributed by atoms with Crippen LogP contribution in [0.25, 0.3) is 0 Å². The summed E-state index contributed by atoms with van der Waals surface area (Å²) < 4.78 is 10.6. The lowest BCUT2D eigenvalue weighted by atomic mass is 9.97. The van der Waals surface area contributed by atoms with E-state index in [1.165, 1.54) is 9.88 Å². The van der Waals surface area contributed by atoms with Gasteiger partial charge in [-0.1, -0.05) is 6.07 Å². The maximum atomic E-state index is 12.7. The molecule has 1 fully saturated rings. The van der Waals surface area contributed by atoms with Crippen LogP contribution < -0.4 is 9.47 Å². The fraction of sp³-hybridized carbons (Fsp3) is 0.500. The standard InChI is InChI=1S/C20H26N2O3S/c1-13-14(2)26-20(21-13)16-7-9-22(10-8-16)19(23)12-15-5-6-17(24-3)18(11-15)25-4/h5-6,11,16H,7-10,12H2,1-4H3. The predicted octanol–water partition coefficient (Wildman–Crippen LogP) is 3.73. The molecule has 2 heterocycles. The molecule has 140 valence electrons. The Hall–Kier alpha value is -2.08. The Morgan fingerprint density at radius 2 is 1.88 bits per heavy atom. The Labute approximate surface area is 159 Å². The van der Waals surface area contributed by atoms with E-state index in [-0.39, 0.29) is 5.91 Å². The molecule has 1 aliphatic heterocycles. The molecule has 5 nitrogen and oxygen atoms in total. The van der Waals surface area contributed by atoms with Crippen LogP contribution in [0, 0.1) is 13.8 Å². The first kappa shape index (κ1) is 18.7. The van der Waals surface area contributed by atoms with Crippen LogP contribution in [0.5, 0.6) is 11.5 Å². The highest BCUT2D eigenvalue weighted by Gasteiger charge is 2.26. The van der Waals surface area contributed by atoms with Gasteiger partial charge in [-0.3, -0.25) is 4.79 Å². The Kier molecular flexibility index (Phi) is 5.81. The molecule has 0 unspecified atom stereocenters. The number of rotatable bonds is 5. The Morgan fingerprint density at radius 3 is 2.46 bits per heavy atom. The molecule has 0 aliphatic carbocycles. The number of amides is 1. The number of aryl methyl sites for hydroxylation is 2. The van der Waals surface area contributed by atoms with Crippen LogP contribution in [0.3, 0.4) is 0 Å². The van der Waals surface area contributed by atoms with E-state index in [0.717, 1.165) is 37.2 Å². The third-order valence-corrected chi connectivity index (χ3v) is 6.28. The third kappa shape index (κ3) is 4.01. The van der Waals surface area contributed by atoms with E-state index in [2.05, 4.69) is 13.8 Å². The lowest BCUT2D eigenvalue weighted by Gasteiger charge is -2.31. The minimum Gasteiger partial charge on any atom is -0.493 e. The molecule has 2 aromatic rings. The summed E-state index contributed by atoms with van der Waals surface area (Å²) in [7, 11) is 3.22. The fourth-order valence-corrected chi connectivity index (χ4v) is 4.42. The molecule has 0 spiro atoms. The SMILES string of the molecule is COc1ccc(CC(=O)N2CCC(c3nc(C)c(C)s3)CC2)cc1OC. The second kappa shape index (κ2) is 8.08. The quantitative estimate of drug-likeness (QED) is 0.800. The number of piperidine rings is 1. The van der Waals surface area contributed by atoms with Crippen molar-refractivity contribution < 1.29 is 14.3 Å². The minimum atomic E-state index is 0.169. The Morgan fingerprint density at radius 1 is 1.19 bits per heavy atom. The first-order valence-electron chi connectivity index (χ1n) is 8.94. The molecular formula is C20H26N2O3S.